The maximum absolute atomic E-state index is 13.3. The van der Waals surface area contributed by atoms with Crippen LogP contribution in [-0.4, -0.2) is 26.4 Å². The molecule has 1 amide bonds. The summed E-state index contributed by atoms with van der Waals surface area (Å²) in [6.07, 6.45) is 2.54. The Kier molecular flexibility index (Phi) is 8.08. The van der Waals surface area contributed by atoms with Crippen molar-refractivity contribution in [2.45, 2.75) is 31.7 Å². The number of nitrogens with one attached hydrogen (secondary N) is 1. The Morgan fingerprint density at radius 2 is 2.13 bits per heavy atom. The summed E-state index contributed by atoms with van der Waals surface area (Å²) in [5, 5.41) is 11.8. The number of para-hydroxylation sites is 1. The third-order valence-electron chi connectivity index (χ3n) is 4.37. The molecule has 1 N–H and O–H groups in total. The predicted molar refractivity (Wildman–Crippen MR) is 121 cm³/mol. The average molecular weight is 461 g/mol. The van der Waals surface area contributed by atoms with Crippen LogP contribution in [0.2, 0.25) is 5.02 Å². The topological polar surface area (TPSA) is 69.0 Å². The first-order valence-electron chi connectivity index (χ1n) is 9.63. The molecule has 0 aliphatic carbocycles. The van der Waals surface area contributed by atoms with Crippen molar-refractivity contribution in [3.8, 4) is 5.75 Å². The van der Waals surface area contributed by atoms with E-state index in [0.29, 0.717) is 23.3 Å². The molecule has 162 valence electrons. The molecule has 0 aliphatic rings. The van der Waals surface area contributed by atoms with Gasteiger partial charge in [0.25, 0.3) is 0 Å². The predicted octanol–water partition coefficient (Wildman–Crippen LogP) is 5.13. The second kappa shape index (κ2) is 11.0. The van der Waals surface area contributed by atoms with Crippen LogP contribution in [0.5, 0.6) is 5.75 Å². The zero-order valence-electron chi connectivity index (χ0n) is 17.0. The summed E-state index contributed by atoms with van der Waals surface area (Å²) in [7, 11) is 0. The van der Waals surface area contributed by atoms with Crippen molar-refractivity contribution in [1.82, 2.24) is 14.8 Å². The number of benzene rings is 2. The summed E-state index contributed by atoms with van der Waals surface area (Å²) < 4.78 is 20.8. The molecule has 31 heavy (non-hydrogen) atoms. The highest BCUT2D eigenvalue weighted by molar-refractivity contribution is 7.99. The number of nitrogens with zero attached hydrogens (tertiary/aromatic N) is 3. The highest BCUT2D eigenvalue weighted by atomic mass is 35.5. The van der Waals surface area contributed by atoms with E-state index in [1.165, 1.54) is 30.0 Å². The van der Waals surface area contributed by atoms with Gasteiger partial charge in [-0.15, -0.1) is 16.8 Å². The van der Waals surface area contributed by atoms with Gasteiger partial charge in [0.05, 0.1) is 10.8 Å². The van der Waals surface area contributed by atoms with Crippen LogP contribution in [0.3, 0.4) is 0 Å². The summed E-state index contributed by atoms with van der Waals surface area (Å²) in [6, 6.07) is 11.8. The number of ether oxygens (including phenoxy) is 1. The third-order valence-corrected chi connectivity index (χ3v) is 5.63. The first kappa shape index (κ1) is 22.8. The Morgan fingerprint density at radius 1 is 1.32 bits per heavy atom. The van der Waals surface area contributed by atoms with E-state index in [9.17, 15) is 9.18 Å². The van der Waals surface area contributed by atoms with Crippen LogP contribution >= 0.6 is 23.4 Å². The molecule has 0 bridgehead atoms. The highest BCUT2D eigenvalue weighted by Crippen LogP contribution is 2.23. The molecule has 0 fully saturated rings. The fourth-order valence-corrected chi connectivity index (χ4v) is 3.76. The molecule has 3 aromatic rings. The second-order valence-electron chi connectivity index (χ2n) is 6.51. The fraction of sp³-hybridized carbons (Fsp3) is 0.227. The second-order valence-corrected chi connectivity index (χ2v) is 7.86. The molecule has 0 saturated heterocycles. The van der Waals surface area contributed by atoms with Crippen molar-refractivity contribution in [1.29, 1.82) is 0 Å². The lowest BCUT2D eigenvalue weighted by molar-refractivity contribution is -0.113. The number of carbonyl (C=O) groups is 1. The van der Waals surface area contributed by atoms with E-state index < -0.39 is 5.82 Å². The zero-order chi connectivity index (χ0) is 22.2. The molecule has 1 aromatic heterocycles. The van der Waals surface area contributed by atoms with Gasteiger partial charge in [-0.1, -0.05) is 54.6 Å². The molecular formula is C22H22ClFN4O2S. The third kappa shape index (κ3) is 6.08. The number of amides is 1. The summed E-state index contributed by atoms with van der Waals surface area (Å²) in [5.74, 6) is 0.518. The van der Waals surface area contributed by atoms with Gasteiger partial charge in [-0.25, -0.2) is 4.39 Å². The van der Waals surface area contributed by atoms with Gasteiger partial charge >= 0.3 is 0 Å². The molecule has 0 atom stereocenters. The number of allylic oxidation sites excluding steroid dienone is 1. The molecule has 3 rings (SSSR count). The van der Waals surface area contributed by atoms with E-state index in [-0.39, 0.29) is 23.3 Å². The number of aromatic nitrogens is 3. The smallest absolute Gasteiger partial charge is 0.234 e. The maximum atomic E-state index is 13.3. The molecular weight excluding hydrogens is 439 g/mol. The molecule has 0 aliphatic heterocycles. The van der Waals surface area contributed by atoms with E-state index in [2.05, 4.69) is 22.1 Å². The van der Waals surface area contributed by atoms with E-state index in [1.807, 2.05) is 35.8 Å². The van der Waals surface area contributed by atoms with Crippen LogP contribution in [0.4, 0.5) is 10.1 Å². The van der Waals surface area contributed by atoms with Gasteiger partial charge in [-0.3, -0.25) is 9.36 Å². The van der Waals surface area contributed by atoms with E-state index in [1.54, 1.807) is 6.08 Å². The Bertz CT molecular complexity index is 1070. The average Bonchev–Trinajstić information content (AvgIpc) is 3.15. The summed E-state index contributed by atoms with van der Waals surface area (Å²) in [5.41, 5.74) is 1.89. The van der Waals surface area contributed by atoms with Gasteiger partial charge in [0.15, 0.2) is 11.0 Å². The molecule has 6 nitrogen and oxygen atoms in total. The van der Waals surface area contributed by atoms with Crippen molar-refractivity contribution >= 4 is 35.0 Å². The summed E-state index contributed by atoms with van der Waals surface area (Å²) >= 11 is 7.06. The van der Waals surface area contributed by atoms with Crippen LogP contribution in [0.1, 0.15) is 18.3 Å². The van der Waals surface area contributed by atoms with Gasteiger partial charge in [0, 0.05) is 18.3 Å². The monoisotopic (exact) mass is 460 g/mol. The normalized spacial score (nSPS) is 10.7. The van der Waals surface area contributed by atoms with Crippen LogP contribution in [0.25, 0.3) is 0 Å². The quantitative estimate of drug-likeness (QED) is 0.335. The molecule has 1 heterocycles. The number of hydrogen-bond acceptors (Lipinski definition) is 5. The number of halogens is 2. The van der Waals surface area contributed by atoms with Gasteiger partial charge in [-0.2, -0.15) is 0 Å². The van der Waals surface area contributed by atoms with Crippen molar-refractivity contribution in [3.63, 3.8) is 0 Å². The van der Waals surface area contributed by atoms with Gasteiger partial charge in [0.2, 0.25) is 5.91 Å². The van der Waals surface area contributed by atoms with E-state index in [0.717, 1.165) is 17.7 Å². The Balaban J connectivity index is 1.63. The number of thioether (sulfide) groups is 1. The zero-order valence-corrected chi connectivity index (χ0v) is 18.5. The minimum atomic E-state index is -0.512. The van der Waals surface area contributed by atoms with Crippen LogP contribution in [0.15, 0.2) is 60.3 Å². The lowest BCUT2D eigenvalue weighted by Crippen LogP contribution is -2.16. The lowest BCUT2D eigenvalue weighted by atomic mass is 10.1. The van der Waals surface area contributed by atoms with Crippen LogP contribution in [-0.2, 0) is 24.4 Å². The van der Waals surface area contributed by atoms with Crippen molar-refractivity contribution in [2.24, 2.45) is 0 Å². The number of carbonyl (C=O) groups excluding carboxylic acids is 1. The highest BCUT2D eigenvalue weighted by Gasteiger charge is 2.15. The number of rotatable bonds is 10. The number of aryl methyl sites for hydroxylation is 1. The van der Waals surface area contributed by atoms with Crippen LogP contribution < -0.4 is 10.1 Å². The SMILES string of the molecule is C=CCn1c(COc2ccc(F)c(Cl)c2)nnc1SCC(=O)Nc1ccccc1CC. The number of hydrogen-bond donors (Lipinski definition) is 1. The first-order valence-corrected chi connectivity index (χ1v) is 11.0. The Labute approximate surface area is 189 Å². The fourth-order valence-electron chi connectivity index (χ4n) is 2.83. The van der Waals surface area contributed by atoms with Crippen molar-refractivity contribution in [3.05, 3.63) is 77.3 Å². The molecule has 0 unspecified atom stereocenters. The maximum Gasteiger partial charge on any atom is 0.234 e. The van der Waals surface area contributed by atoms with E-state index >= 15 is 0 Å². The molecule has 0 saturated carbocycles. The van der Waals surface area contributed by atoms with Gasteiger partial charge in [-0.05, 0) is 30.2 Å². The summed E-state index contributed by atoms with van der Waals surface area (Å²) in [6.45, 7) is 6.37. The number of anilines is 1. The Morgan fingerprint density at radius 3 is 2.87 bits per heavy atom. The molecule has 2 aromatic carbocycles. The minimum Gasteiger partial charge on any atom is -0.486 e. The Hall–Kier alpha value is -2.84. The summed E-state index contributed by atoms with van der Waals surface area (Å²) in [4.78, 5) is 12.4. The van der Waals surface area contributed by atoms with Gasteiger partial charge < -0.3 is 10.1 Å². The standard InChI is InChI=1S/C22H22ClFN4O2S/c1-3-11-28-20(13-30-16-9-10-18(24)17(23)12-16)26-27-22(28)31-14-21(29)25-19-8-6-5-7-15(19)4-2/h3,5-10,12H,1,4,11,13-14H2,2H3,(H,25,29). The van der Waals surface area contributed by atoms with Crippen molar-refractivity contribution < 1.29 is 13.9 Å². The lowest BCUT2D eigenvalue weighted by Gasteiger charge is -2.11. The minimum absolute atomic E-state index is 0.0167. The van der Waals surface area contributed by atoms with Gasteiger partial charge in [0.1, 0.15) is 18.2 Å². The molecule has 0 spiro atoms. The first-order chi connectivity index (χ1) is 15.0. The molecule has 0 radical (unpaired) electrons. The largest absolute Gasteiger partial charge is 0.486 e. The van der Waals surface area contributed by atoms with Crippen LogP contribution in [0, 0.1) is 5.82 Å². The molecule has 9 heteroatoms. The van der Waals surface area contributed by atoms with Crippen molar-refractivity contribution in [2.75, 3.05) is 11.1 Å². The van der Waals surface area contributed by atoms with E-state index in [4.69, 9.17) is 16.3 Å².